The molecule has 0 unspecified atom stereocenters. The summed E-state index contributed by atoms with van der Waals surface area (Å²) < 4.78 is 23.9. The first-order valence-corrected chi connectivity index (χ1v) is 7.96. The van der Waals surface area contributed by atoms with E-state index in [0.29, 0.717) is 4.90 Å². The first kappa shape index (κ1) is 14.8. The summed E-state index contributed by atoms with van der Waals surface area (Å²) in [5.74, 6) is 5.61. The van der Waals surface area contributed by atoms with E-state index in [9.17, 15) is 8.42 Å². The quantitative estimate of drug-likeness (QED) is 0.603. The van der Waals surface area contributed by atoms with Crippen molar-refractivity contribution in [2.45, 2.75) is 44.4 Å². The molecule has 0 saturated carbocycles. The maximum absolute atomic E-state index is 11.9. The van der Waals surface area contributed by atoms with E-state index in [2.05, 4.69) is 18.8 Å². The maximum atomic E-state index is 11.9. The fourth-order valence-electron chi connectivity index (χ4n) is 1.53. The molecule has 0 amide bonds. The minimum absolute atomic E-state index is 0.0812. The van der Waals surface area contributed by atoms with Gasteiger partial charge in [0.05, 0.1) is 4.90 Å². The summed E-state index contributed by atoms with van der Waals surface area (Å²) in [6.07, 6.45) is 4.15. The lowest BCUT2D eigenvalue weighted by Gasteiger charge is -2.00. The largest absolute Gasteiger partial charge is 0.223 e. The van der Waals surface area contributed by atoms with Gasteiger partial charge >= 0.3 is 0 Å². The molecular formula is C15H20O2S. The van der Waals surface area contributed by atoms with E-state index in [1.165, 1.54) is 0 Å². The second kappa shape index (κ2) is 7.23. The van der Waals surface area contributed by atoms with Gasteiger partial charge in [-0.05, 0) is 25.5 Å². The van der Waals surface area contributed by atoms with E-state index in [4.69, 9.17) is 0 Å². The number of sulfone groups is 1. The van der Waals surface area contributed by atoms with Gasteiger partial charge in [0.25, 0.3) is 0 Å². The fraction of sp³-hybridized carbons (Fsp3) is 0.467. The van der Waals surface area contributed by atoms with Gasteiger partial charge in [-0.25, -0.2) is 8.42 Å². The van der Waals surface area contributed by atoms with Crippen LogP contribution < -0.4 is 0 Å². The van der Waals surface area contributed by atoms with E-state index in [1.54, 1.807) is 12.1 Å². The summed E-state index contributed by atoms with van der Waals surface area (Å²) in [5.41, 5.74) is 1.06. The molecule has 0 bridgehead atoms. The summed E-state index contributed by atoms with van der Waals surface area (Å²) in [4.78, 5) is 0.357. The molecule has 0 aliphatic rings. The average Bonchev–Trinajstić information content (AvgIpc) is 2.34. The Hall–Kier alpha value is -1.27. The van der Waals surface area contributed by atoms with Crippen LogP contribution in [0.5, 0.6) is 0 Å². The lowest BCUT2D eigenvalue weighted by atomic mass is 10.2. The fourth-order valence-corrected chi connectivity index (χ4v) is 2.54. The molecule has 0 fully saturated rings. The van der Waals surface area contributed by atoms with Crippen molar-refractivity contribution in [2.24, 2.45) is 0 Å². The normalized spacial score (nSPS) is 10.8. The molecule has 0 saturated heterocycles. The van der Waals surface area contributed by atoms with Crippen molar-refractivity contribution in [1.82, 2.24) is 0 Å². The van der Waals surface area contributed by atoms with Crippen LogP contribution in [0.2, 0.25) is 0 Å². The van der Waals surface area contributed by atoms with Gasteiger partial charge in [-0.15, -0.1) is 5.92 Å². The summed E-state index contributed by atoms with van der Waals surface area (Å²) in [5, 5.41) is 0. The Morgan fingerprint density at radius 2 is 1.72 bits per heavy atom. The minimum atomic E-state index is -3.24. The molecule has 0 atom stereocenters. The van der Waals surface area contributed by atoms with Gasteiger partial charge in [0.2, 0.25) is 0 Å². The predicted octanol–water partition coefficient (Wildman–Crippen LogP) is 3.35. The number of unbranched alkanes of at least 4 members (excludes halogenated alkanes) is 3. The summed E-state index contributed by atoms with van der Waals surface area (Å²) >= 11 is 0. The Bertz CT molecular complexity index is 516. The van der Waals surface area contributed by atoms with Crippen molar-refractivity contribution >= 4 is 9.84 Å². The van der Waals surface area contributed by atoms with Crippen LogP contribution in [0.3, 0.4) is 0 Å². The number of rotatable bonds is 5. The molecular weight excluding hydrogens is 244 g/mol. The zero-order valence-electron chi connectivity index (χ0n) is 11.1. The van der Waals surface area contributed by atoms with Crippen molar-refractivity contribution < 1.29 is 8.42 Å². The van der Waals surface area contributed by atoms with Gasteiger partial charge in [0.15, 0.2) is 9.84 Å². The molecule has 0 aliphatic carbocycles. The van der Waals surface area contributed by atoms with Gasteiger partial charge in [0, 0.05) is 6.42 Å². The van der Waals surface area contributed by atoms with Crippen LogP contribution in [0.4, 0.5) is 0 Å². The van der Waals surface area contributed by atoms with Gasteiger partial charge in [-0.1, -0.05) is 43.4 Å². The highest BCUT2D eigenvalue weighted by atomic mass is 32.2. The molecule has 98 valence electrons. The first-order valence-electron chi connectivity index (χ1n) is 6.31. The molecule has 1 rings (SSSR count). The van der Waals surface area contributed by atoms with Crippen molar-refractivity contribution in [3.63, 3.8) is 0 Å². The van der Waals surface area contributed by atoms with E-state index >= 15 is 0 Å². The van der Waals surface area contributed by atoms with Crippen molar-refractivity contribution in [1.29, 1.82) is 0 Å². The second-order valence-electron chi connectivity index (χ2n) is 4.38. The number of aryl methyl sites for hydroxylation is 1. The van der Waals surface area contributed by atoms with Gasteiger partial charge < -0.3 is 0 Å². The zero-order chi connectivity index (χ0) is 13.4. The highest BCUT2D eigenvalue weighted by molar-refractivity contribution is 7.91. The molecule has 1 aromatic rings. The van der Waals surface area contributed by atoms with Crippen LogP contribution in [0.25, 0.3) is 0 Å². The third-order valence-corrected chi connectivity index (χ3v) is 4.19. The van der Waals surface area contributed by atoms with Crippen LogP contribution in [0.1, 0.15) is 38.2 Å². The highest BCUT2D eigenvalue weighted by Crippen LogP contribution is 2.11. The van der Waals surface area contributed by atoms with E-state index < -0.39 is 9.84 Å². The topological polar surface area (TPSA) is 34.1 Å². The molecule has 18 heavy (non-hydrogen) atoms. The SMILES string of the molecule is CCCCCC#CCS(=O)(=O)c1ccc(C)cc1. The van der Waals surface area contributed by atoms with Crippen LogP contribution in [-0.4, -0.2) is 14.2 Å². The van der Waals surface area contributed by atoms with Gasteiger partial charge in [-0.3, -0.25) is 0 Å². The molecule has 1 aromatic carbocycles. The van der Waals surface area contributed by atoms with E-state index in [-0.39, 0.29) is 5.75 Å². The predicted molar refractivity (Wildman–Crippen MR) is 75.1 cm³/mol. The Kier molecular flexibility index (Phi) is 5.94. The third kappa shape index (κ3) is 4.93. The van der Waals surface area contributed by atoms with Crippen LogP contribution in [0.15, 0.2) is 29.2 Å². The van der Waals surface area contributed by atoms with Crippen LogP contribution >= 0.6 is 0 Å². The minimum Gasteiger partial charge on any atom is -0.223 e. The van der Waals surface area contributed by atoms with Crippen molar-refractivity contribution in [3.05, 3.63) is 29.8 Å². The van der Waals surface area contributed by atoms with Crippen molar-refractivity contribution in [3.8, 4) is 11.8 Å². The standard InChI is InChI=1S/C15H20O2S/c1-3-4-5-6-7-8-13-18(16,17)15-11-9-14(2)10-12-15/h9-12H,3-6,13H2,1-2H3. The molecule has 0 heterocycles. The molecule has 3 heteroatoms. The summed E-state index contributed by atoms with van der Waals surface area (Å²) in [7, 11) is -3.24. The second-order valence-corrected chi connectivity index (χ2v) is 6.37. The zero-order valence-corrected chi connectivity index (χ0v) is 11.9. The van der Waals surface area contributed by atoms with Gasteiger partial charge in [0.1, 0.15) is 5.75 Å². The lowest BCUT2D eigenvalue weighted by molar-refractivity contribution is 0.599. The molecule has 0 radical (unpaired) electrons. The Labute approximate surface area is 110 Å². The molecule has 0 aromatic heterocycles. The molecule has 0 aliphatic heterocycles. The highest BCUT2D eigenvalue weighted by Gasteiger charge is 2.11. The smallest absolute Gasteiger partial charge is 0.189 e. The number of hydrogen-bond donors (Lipinski definition) is 0. The van der Waals surface area contributed by atoms with Crippen LogP contribution in [0, 0.1) is 18.8 Å². The maximum Gasteiger partial charge on any atom is 0.189 e. The Morgan fingerprint density at radius 3 is 2.33 bits per heavy atom. The lowest BCUT2D eigenvalue weighted by Crippen LogP contribution is -2.04. The van der Waals surface area contributed by atoms with E-state index in [0.717, 1.165) is 31.2 Å². The molecule has 0 spiro atoms. The summed E-state index contributed by atoms with van der Waals surface area (Å²) in [6, 6.07) is 6.90. The number of benzene rings is 1. The molecule has 2 nitrogen and oxygen atoms in total. The van der Waals surface area contributed by atoms with Gasteiger partial charge in [-0.2, -0.15) is 0 Å². The third-order valence-electron chi connectivity index (χ3n) is 2.67. The van der Waals surface area contributed by atoms with Crippen molar-refractivity contribution in [2.75, 3.05) is 5.75 Å². The first-order chi connectivity index (χ1) is 8.56. The average molecular weight is 264 g/mol. The van der Waals surface area contributed by atoms with E-state index in [1.807, 2.05) is 19.1 Å². The Balaban J connectivity index is 2.57. The summed E-state index contributed by atoms with van der Waals surface area (Å²) in [6.45, 7) is 4.07. The monoisotopic (exact) mass is 264 g/mol. The molecule has 0 N–H and O–H groups in total. The number of hydrogen-bond acceptors (Lipinski definition) is 2. The Morgan fingerprint density at radius 1 is 1.06 bits per heavy atom. The van der Waals surface area contributed by atoms with Crippen LogP contribution in [-0.2, 0) is 9.84 Å².